The number of ether oxygens (including phenoxy) is 2. The zero-order valence-electron chi connectivity index (χ0n) is 29.1. The maximum Gasteiger partial charge on any atom is 0.356 e. The van der Waals surface area contributed by atoms with Crippen LogP contribution in [0.15, 0.2) is 173 Å². The van der Waals surface area contributed by atoms with E-state index in [9.17, 15) is 19.2 Å². The second kappa shape index (κ2) is 16.5. The zero-order valence-corrected chi connectivity index (χ0v) is 31.5. The third-order valence-corrected chi connectivity index (χ3v) is 11.5. The van der Waals surface area contributed by atoms with Gasteiger partial charge in [-0.25, -0.2) is 4.79 Å². The molecule has 1 fully saturated rings. The molecule has 0 radical (unpaired) electrons. The Morgan fingerprint density at radius 2 is 1.07 bits per heavy atom. The van der Waals surface area contributed by atoms with E-state index in [1.807, 2.05) is 121 Å². The molecule has 2 aliphatic heterocycles. The van der Waals surface area contributed by atoms with Gasteiger partial charge in [0.1, 0.15) is 17.1 Å². The molecule has 5 aromatic rings. The van der Waals surface area contributed by atoms with E-state index in [-0.39, 0.29) is 5.70 Å². The zero-order chi connectivity index (χ0) is 37.6. The van der Waals surface area contributed by atoms with Crippen LogP contribution in [0.2, 0.25) is 0 Å². The van der Waals surface area contributed by atoms with E-state index in [1.165, 1.54) is 16.7 Å². The first-order chi connectivity index (χ1) is 26.4. The van der Waals surface area contributed by atoms with Crippen molar-refractivity contribution >= 4 is 51.4 Å². The number of rotatable bonds is 11. The molecular formula is C44H35BrN2O6S. The Hall–Kier alpha value is -5.71. The number of halogens is 1. The molecule has 54 heavy (non-hydrogen) atoms. The van der Waals surface area contributed by atoms with Crippen LogP contribution in [0.3, 0.4) is 0 Å². The second-order valence-corrected chi connectivity index (χ2v) is 14.4. The number of hydrogen-bond donors (Lipinski definition) is 1. The lowest BCUT2D eigenvalue weighted by atomic mass is 9.95. The van der Waals surface area contributed by atoms with Gasteiger partial charge in [-0.1, -0.05) is 179 Å². The van der Waals surface area contributed by atoms with E-state index >= 15 is 0 Å². The lowest BCUT2D eigenvalue weighted by molar-refractivity contribution is -0.156. The van der Waals surface area contributed by atoms with E-state index in [0.29, 0.717) is 16.0 Å². The van der Waals surface area contributed by atoms with Gasteiger partial charge in [0.05, 0.1) is 0 Å². The van der Waals surface area contributed by atoms with Gasteiger partial charge in [-0.2, -0.15) is 0 Å². The molecule has 8 nitrogen and oxygen atoms in total. The van der Waals surface area contributed by atoms with Gasteiger partial charge >= 0.3 is 11.9 Å². The highest BCUT2D eigenvalue weighted by molar-refractivity contribution is 9.11. The predicted octanol–water partition coefficient (Wildman–Crippen LogP) is 8.35. The number of thioether (sulfide) groups is 1. The van der Waals surface area contributed by atoms with Crippen molar-refractivity contribution in [3.63, 3.8) is 0 Å². The maximum atomic E-state index is 14.2. The lowest BCUT2D eigenvalue weighted by Gasteiger charge is -2.50. The minimum Gasteiger partial charge on any atom is -0.452 e. The molecule has 3 atom stereocenters. The van der Waals surface area contributed by atoms with E-state index in [0.717, 1.165) is 22.3 Å². The summed E-state index contributed by atoms with van der Waals surface area (Å²) >= 11 is 4.74. The first-order valence-electron chi connectivity index (χ1n) is 17.3. The fraction of sp³-hybridized carbons (Fsp3) is 0.136. The van der Waals surface area contributed by atoms with Crippen molar-refractivity contribution < 1.29 is 28.7 Å². The summed E-state index contributed by atoms with van der Waals surface area (Å²) in [6.07, 6.45) is -1.51. The molecule has 0 aliphatic carbocycles. The topological polar surface area (TPSA) is 102 Å². The maximum absolute atomic E-state index is 14.2. The number of carbonyl (C=O) groups is 4. The SMILES string of the molecule is CC1=C(C(=O)OC(c2ccccc2)c2ccccc2)N2C(=O)C(NC(=O)C(C(=O)OC(c3ccccc3)c3ccccc3)c3ccccc3)[C@H]2S/C1=C\Br. The fourth-order valence-corrected chi connectivity index (χ4v) is 8.51. The first kappa shape index (κ1) is 36.6. The van der Waals surface area contributed by atoms with Crippen molar-refractivity contribution in [1.82, 2.24) is 10.2 Å². The molecule has 270 valence electrons. The van der Waals surface area contributed by atoms with Crippen LogP contribution in [-0.4, -0.2) is 40.1 Å². The van der Waals surface area contributed by atoms with Gasteiger partial charge in [0.15, 0.2) is 18.1 Å². The van der Waals surface area contributed by atoms with E-state index in [4.69, 9.17) is 9.47 Å². The number of nitrogens with zero attached hydrogens (tertiary/aromatic N) is 1. The molecule has 2 aliphatic rings. The number of carbonyl (C=O) groups excluding carboxylic acids is 4. The fourth-order valence-electron chi connectivity index (χ4n) is 6.62. The summed E-state index contributed by atoms with van der Waals surface area (Å²) in [6.45, 7) is 1.75. The van der Waals surface area contributed by atoms with Crippen LogP contribution in [0.4, 0.5) is 0 Å². The molecule has 2 unspecified atom stereocenters. The van der Waals surface area contributed by atoms with Gasteiger partial charge < -0.3 is 14.8 Å². The molecule has 10 heteroatoms. The Balaban J connectivity index is 1.15. The summed E-state index contributed by atoms with van der Waals surface area (Å²) in [5, 5.41) is 2.16. The Kier molecular flexibility index (Phi) is 11.2. The van der Waals surface area contributed by atoms with Crippen molar-refractivity contribution in [1.29, 1.82) is 0 Å². The third-order valence-electron chi connectivity index (χ3n) is 9.35. The Bertz CT molecular complexity index is 2120. The summed E-state index contributed by atoms with van der Waals surface area (Å²) in [4.78, 5) is 60.3. The molecule has 5 aromatic carbocycles. The summed E-state index contributed by atoms with van der Waals surface area (Å²) < 4.78 is 12.3. The van der Waals surface area contributed by atoms with E-state index in [2.05, 4.69) is 21.2 Å². The first-order valence-corrected chi connectivity index (χ1v) is 19.1. The molecule has 2 heterocycles. The standard InChI is InChI=1S/C44H35BrN2O6S/c1-28-34(27-45)54-42-36(41(49)47(42)37(28)44(51)53-39(32-23-13-5-14-24-32)33-25-15-6-16-26-33)46-40(48)35(29-17-7-2-8-18-29)43(50)52-38(30-19-9-3-10-20-30)31-21-11-4-12-22-31/h2-27,35-36,38-39,42H,1H3,(H,46,48)/b34-27-/t35?,36?,42-/m1/s1. The molecule has 1 N–H and O–H groups in total. The molecule has 7 rings (SSSR count). The third kappa shape index (κ3) is 7.53. The molecule has 0 saturated carbocycles. The minimum absolute atomic E-state index is 0.0874. The summed E-state index contributed by atoms with van der Waals surface area (Å²) in [6, 6.07) is 45.0. The average molecular weight is 800 g/mol. The van der Waals surface area contributed by atoms with Crippen molar-refractivity contribution in [2.75, 3.05) is 0 Å². The second-order valence-electron chi connectivity index (χ2n) is 12.7. The van der Waals surface area contributed by atoms with Gasteiger partial charge in [0.25, 0.3) is 5.91 Å². The highest BCUT2D eigenvalue weighted by Crippen LogP contribution is 2.47. The quantitative estimate of drug-likeness (QED) is 0.0815. The number of benzene rings is 5. The van der Waals surface area contributed by atoms with Crippen LogP contribution in [-0.2, 0) is 28.7 Å². The summed E-state index contributed by atoms with van der Waals surface area (Å²) in [7, 11) is 0. The highest BCUT2D eigenvalue weighted by atomic mass is 79.9. The molecule has 1 saturated heterocycles. The minimum atomic E-state index is -1.39. The van der Waals surface area contributed by atoms with Gasteiger partial charge in [-0.15, -0.1) is 0 Å². The summed E-state index contributed by atoms with van der Waals surface area (Å²) in [5.74, 6) is -4.03. The molecule has 0 spiro atoms. The number of nitrogens with one attached hydrogen (secondary N) is 1. The Morgan fingerprint density at radius 3 is 1.50 bits per heavy atom. The molecule has 2 amide bonds. The van der Waals surface area contributed by atoms with Crippen LogP contribution in [0.5, 0.6) is 0 Å². The van der Waals surface area contributed by atoms with Gasteiger partial charge in [-0.3, -0.25) is 19.3 Å². The van der Waals surface area contributed by atoms with Crippen molar-refractivity contribution in [2.45, 2.75) is 36.5 Å². The number of hydrogen-bond acceptors (Lipinski definition) is 7. The normalized spacial score (nSPS) is 17.8. The summed E-state index contributed by atoms with van der Waals surface area (Å²) in [5.41, 5.74) is 4.08. The van der Waals surface area contributed by atoms with Crippen LogP contribution in [0.1, 0.15) is 52.9 Å². The van der Waals surface area contributed by atoms with Crippen molar-refractivity contribution in [3.05, 3.63) is 201 Å². The van der Waals surface area contributed by atoms with Gasteiger partial charge in [-0.05, 0) is 45.3 Å². The van der Waals surface area contributed by atoms with E-state index < -0.39 is 53.3 Å². The average Bonchev–Trinajstić information content (AvgIpc) is 3.22. The Labute approximate surface area is 326 Å². The molecule has 0 bridgehead atoms. The van der Waals surface area contributed by atoms with Crippen LogP contribution in [0, 0.1) is 0 Å². The van der Waals surface area contributed by atoms with Crippen LogP contribution in [0.25, 0.3) is 0 Å². The molecule has 0 aromatic heterocycles. The number of fused-ring (bicyclic) bond motifs is 1. The Morgan fingerprint density at radius 1 is 0.667 bits per heavy atom. The largest absolute Gasteiger partial charge is 0.452 e. The van der Waals surface area contributed by atoms with Crippen LogP contribution >= 0.6 is 27.7 Å². The number of allylic oxidation sites excluding steroid dienone is 1. The molecular weight excluding hydrogens is 764 g/mol. The monoisotopic (exact) mass is 798 g/mol. The highest BCUT2D eigenvalue weighted by Gasteiger charge is 2.56. The predicted molar refractivity (Wildman–Crippen MR) is 211 cm³/mol. The number of β-lactam (4-membered cyclic amide) rings is 1. The van der Waals surface area contributed by atoms with Gasteiger partial charge in [0.2, 0.25) is 5.91 Å². The van der Waals surface area contributed by atoms with Crippen LogP contribution < -0.4 is 5.32 Å². The van der Waals surface area contributed by atoms with Crippen molar-refractivity contribution in [2.24, 2.45) is 0 Å². The lowest BCUT2D eigenvalue weighted by Crippen LogP contribution is -2.70. The van der Waals surface area contributed by atoms with E-state index in [1.54, 1.807) is 42.2 Å². The number of esters is 2. The van der Waals surface area contributed by atoms with Gasteiger partial charge in [0, 0.05) is 4.91 Å². The smallest absolute Gasteiger partial charge is 0.356 e. The van der Waals surface area contributed by atoms with Crippen molar-refractivity contribution in [3.8, 4) is 0 Å². The number of amides is 2.